The molecule has 2 N–H and O–H groups in total. The predicted molar refractivity (Wildman–Crippen MR) is 96.8 cm³/mol. The van der Waals surface area contributed by atoms with Crippen molar-refractivity contribution in [3.05, 3.63) is 35.9 Å². The minimum atomic E-state index is -0.288. The van der Waals surface area contributed by atoms with Crippen LogP contribution in [0.3, 0.4) is 0 Å². The quantitative estimate of drug-likeness (QED) is 0.796. The van der Waals surface area contributed by atoms with Crippen LogP contribution in [0.15, 0.2) is 30.3 Å². The highest BCUT2D eigenvalue weighted by Crippen LogP contribution is 2.13. The van der Waals surface area contributed by atoms with Crippen LogP contribution in [0, 0.1) is 0 Å². The van der Waals surface area contributed by atoms with E-state index in [1.54, 1.807) is 0 Å². The zero-order chi connectivity index (χ0) is 17.5. The number of hydrogen-bond donors (Lipinski definition) is 2. The van der Waals surface area contributed by atoms with Crippen LogP contribution in [0.5, 0.6) is 0 Å². The second-order valence-corrected chi connectivity index (χ2v) is 6.94. The monoisotopic (exact) mass is 333 g/mol. The molecule has 1 heterocycles. The summed E-state index contributed by atoms with van der Waals surface area (Å²) in [6.07, 6.45) is 0.240. The molecule has 0 aromatic heterocycles. The van der Waals surface area contributed by atoms with E-state index in [2.05, 4.69) is 22.0 Å². The second kappa shape index (κ2) is 9.16. The molecule has 3 unspecified atom stereocenters. The summed E-state index contributed by atoms with van der Waals surface area (Å²) in [5.74, 6) is 0.102. The van der Waals surface area contributed by atoms with Crippen molar-refractivity contribution < 1.29 is 9.90 Å². The molecule has 1 aliphatic rings. The Labute approximate surface area is 145 Å². The Morgan fingerprint density at radius 2 is 2.00 bits per heavy atom. The van der Waals surface area contributed by atoms with Gasteiger partial charge in [0.25, 0.3) is 0 Å². The summed E-state index contributed by atoms with van der Waals surface area (Å²) >= 11 is 0. The summed E-state index contributed by atoms with van der Waals surface area (Å²) in [6.45, 7) is 10.4. The van der Waals surface area contributed by atoms with Gasteiger partial charge in [0.15, 0.2) is 0 Å². The number of amides is 1. The highest BCUT2D eigenvalue weighted by atomic mass is 16.3. The zero-order valence-electron chi connectivity index (χ0n) is 15.1. The lowest BCUT2D eigenvalue weighted by atomic mass is 10.1. The predicted octanol–water partition coefficient (Wildman–Crippen LogP) is 1.64. The van der Waals surface area contributed by atoms with Gasteiger partial charge in [-0.25, -0.2) is 0 Å². The smallest absolute Gasteiger partial charge is 0.221 e. The largest absolute Gasteiger partial charge is 0.392 e. The van der Waals surface area contributed by atoms with E-state index in [1.165, 1.54) is 0 Å². The summed E-state index contributed by atoms with van der Waals surface area (Å²) in [5.41, 5.74) is 1.13. The first kappa shape index (κ1) is 18.9. The molecule has 0 radical (unpaired) electrons. The molecular formula is C19H31N3O2. The van der Waals surface area contributed by atoms with Gasteiger partial charge in [0, 0.05) is 45.2 Å². The molecule has 0 saturated carbocycles. The molecule has 3 atom stereocenters. The van der Waals surface area contributed by atoms with Gasteiger partial charge >= 0.3 is 0 Å². The fourth-order valence-corrected chi connectivity index (χ4v) is 3.28. The molecule has 24 heavy (non-hydrogen) atoms. The number of β-amino-alcohol motifs (C(OH)–C–C–N with tert-alkyl or cyclic N) is 1. The van der Waals surface area contributed by atoms with Crippen LogP contribution in [0.25, 0.3) is 0 Å². The van der Waals surface area contributed by atoms with Crippen LogP contribution in [-0.2, 0) is 4.79 Å². The number of aliphatic hydroxyl groups excluding tert-OH is 1. The van der Waals surface area contributed by atoms with E-state index in [1.807, 2.05) is 44.2 Å². The highest BCUT2D eigenvalue weighted by Gasteiger charge is 2.24. The van der Waals surface area contributed by atoms with Crippen molar-refractivity contribution in [2.75, 3.05) is 32.7 Å². The van der Waals surface area contributed by atoms with E-state index in [0.29, 0.717) is 12.5 Å². The number of piperazine rings is 1. The maximum atomic E-state index is 12.2. The van der Waals surface area contributed by atoms with Gasteiger partial charge in [-0.3, -0.25) is 9.69 Å². The highest BCUT2D eigenvalue weighted by molar-refractivity contribution is 5.76. The van der Waals surface area contributed by atoms with Crippen LogP contribution in [0.4, 0.5) is 0 Å². The van der Waals surface area contributed by atoms with Gasteiger partial charge in [-0.2, -0.15) is 0 Å². The van der Waals surface area contributed by atoms with Crippen molar-refractivity contribution in [3.8, 4) is 0 Å². The molecule has 1 aromatic carbocycles. The first-order valence-electron chi connectivity index (χ1n) is 8.94. The summed E-state index contributed by atoms with van der Waals surface area (Å²) in [6, 6.07) is 10.5. The van der Waals surface area contributed by atoms with Crippen LogP contribution in [0.2, 0.25) is 0 Å². The van der Waals surface area contributed by atoms with E-state index in [4.69, 9.17) is 0 Å². The summed E-state index contributed by atoms with van der Waals surface area (Å²) in [7, 11) is 0. The van der Waals surface area contributed by atoms with E-state index in [0.717, 1.165) is 38.3 Å². The van der Waals surface area contributed by atoms with Gasteiger partial charge in [0.1, 0.15) is 0 Å². The van der Waals surface area contributed by atoms with E-state index in [-0.39, 0.29) is 18.1 Å². The number of aliphatic hydroxyl groups is 1. The molecule has 134 valence electrons. The summed E-state index contributed by atoms with van der Waals surface area (Å²) in [4.78, 5) is 16.8. The Hall–Kier alpha value is -1.43. The number of carbonyl (C=O) groups excluding carboxylic acids is 1. The number of rotatable bonds is 7. The molecular weight excluding hydrogens is 302 g/mol. The molecule has 1 saturated heterocycles. The topological polar surface area (TPSA) is 55.8 Å². The van der Waals surface area contributed by atoms with Gasteiger partial charge in [-0.15, -0.1) is 0 Å². The van der Waals surface area contributed by atoms with Crippen LogP contribution in [0.1, 0.15) is 38.8 Å². The van der Waals surface area contributed by atoms with E-state index in [9.17, 15) is 9.90 Å². The van der Waals surface area contributed by atoms with Crippen molar-refractivity contribution in [1.29, 1.82) is 0 Å². The molecule has 0 aliphatic carbocycles. The zero-order valence-corrected chi connectivity index (χ0v) is 15.1. The average molecular weight is 333 g/mol. The van der Waals surface area contributed by atoms with Crippen LogP contribution >= 0.6 is 0 Å². The Kier molecular flexibility index (Phi) is 7.21. The molecule has 2 rings (SSSR count). The lowest BCUT2D eigenvalue weighted by Gasteiger charge is -2.40. The first-order chi connectivity index (χ1) is 11.5. The molecule has 1 amide bonds. The number of nitrogens with one attached hydrogen (secondary N) is 1. The Morgan fingerprint density at radius 1 is 1.29 bits per heavy atom. The van der Waals surface area contributed by atoms with Crippen molar-refractivity contribution in [2.45, 2.75) is 45.4 Å². The molecule has 0 spiro atoms. The van der Waals surface area contributed by atoms with Crippen molar-refractivity contribution in [1.82, 2.24) is 15.1 Å². The lowest BCUT2D eigenvalue weighted by Crippen LogP contribution is -2.53. The molecule has 5 nitrogen and oxygen atoms in total. The Balaban J connectivity index is 1.71. The van der Waals surface area contributed by atoms with E-state index < -0.39 is 0 Å². The van der Waals surface area contributed by atoms with Gasteiger partial charge in [0.2, 0.25) is 5.91 Å². The molecule has 1 aromatic rings. The fraction of sp³-hybridized carbons (Fsp3) is 0.632. The third kappa shape index (κ3) is 5.89. The Bertz CT molecular complexity index is 507. The molecule has 5 heteroatoms. The minimum absolute atomic E-state index is 0.0421. The minimum Gasteiger partial charge on any atom is -0.392 e. The standard InChI is InChI=1S/C19H31N3O2/c1-15-13-21(11-12-22(15)14-16(2)23)10-9-19(24)20-17(3)18-7-5-4-6-8-18/h4-8,15-17,23H,9-14H2,1-3H3,(H,20,24). The average Bonchev–Trinajstić information content (AvgIpc) is 2.55. The van der Waals surface area contributed by atoms with Gasteiger partial charge in [-0.05, 0) is 26.3 Å². The molecule has 1 aliphatic heterocycles. The van der Waals surface area contributed by atoms with Gasteiger partial charge < -0.3 is 15.3 Å². The third-order valence-corrected chi connectivity index (χ3v) is 4.68. The summed E-state index contributed by atoms with van der Waals surface area (Å²) in [5, 5.41) is 12.6. The number of hydrogen-bond acceptors (Lipinski definition) is 4. The molecule has 1 fully saturated rings. The Morgan fingerprint density at radius 3 is 2.62 bits per heavy atom. The third-order valence-electron chi connectivity index (χ3n) is 4.68. The first-order valence-corrected chi connectivity index (χ1v) is 8.94. The van der Waals surface area contributed by atoms with Crippen LogP contribution < -0.4 is 5.32 Å². The SMILES string of the molecule is CC(O)CN1CCN(CCC(=O)NC(C)c2ccccc2)CC1C. The maximum Gasteiger partial charge on any atom is 0.221 e. The van der Waals surface area contributed by atoms with Crippen LogP contribution in [-0.4, -0.2) is 65.7 Å². The number of carbonyl (C=O) groups is 1. The normalized spacial score (nSPS) is 22.1. The van der Waals surface area contributed by atoms with Crippen molar-refractivity contribution >= 4 is 5.91 Å². The number of nitrogens with zero attached hydrogens (tertiary/aromatic N) is 2. The van der Waals surface area contributed by atoms with Gasteiger partial charge in [0.05, 0.1) is 12.1 Å². The van der Waals surface area contributed by atoms with Crippen molar-refractivity contribution in [2.24, 2.45) is 0 Å². The van der Waals surface area contributed by atoms with Crippen molar-refractivity contribution in [3.63, 3.8) is 0 Å². The summed E-state index contributed by atoms with van der Waals surface area (Å²) < 4.78 is 0. The van der Waals surface area contributed by atoms with Gasteiger partial charge in [-0.1, -0.05) is 30.3 Å². The second-order valence-electron chi connectivity index (χ2n) is 6.94. The molecule has 0 bridgehead atoms. The lowest BCUT2D eigenvalue weighted by molar-refractivity contribution is -0.122. The van der Waals surface area contributed by atoms with E-state index >= 15 is 0 Å². The fourth-order valence-electron chi connectivity index (χ4n) is 3.28. The maximum absolute atomic E-state index is 12.2. The number of benzene rings is 1.